The van der Waals surface area contributed by atoms with E-state index in [2.05, 4.69) is 5.43 Å². The Hall–Kier alpha value is -1.77. The van der Waals surface area contributed by atoms with Crippen molar-refractivity contribution in [2.24, 2.45) is 0 Å². The zero-order valence-electron chi connectivity index (χ0n) is 8.90. The van der Waals surface area contributed by atoms with E-state index in [0.717, 1.165) is 16.7 Å². The van der Waals surface area contributed by atoms with E-state index in [9.17, 15) is 4.79 Å². The van der Waals surface area contributed by atoms with Gasteiger partial charge in [-0.05, 0) is 18.6 Å². The maximum Gasteiger partial charge on any atom is 0.249 e. The largest absolute Gasteiger partial charge is 0.303 e. The fourth-order valence-corrected chi connectivity index (χ4v) is 1.47. The molecule has 3 nitrogen and oxygen atoms in total. The van der Waals surface area contributed by atoms with Gasteiger partial charge in [0.15, 0.2) is 1.41 Å². The van der Waals surface area contributed by atoms with Crippen LogP contribution in [0.15, 0.2) is 42.1 Å². The SMILES string of the molecule is [2H]N1NC(=O)C(c2ccccc2)C=C1C. The summed E-state index contributed by atoms with van der Waals surface area (Å²) in [5.74, 6) is -0.449. The van der Waals surface area contributed by atoms with Crippen molar-refractivity contribution in [3.63, 3.8) is 0 Å². The Kier molecular flexibility index (Phi) is 1.92. The molecule has 1 atom stereocenters. The summed E-state index contributed by atoms with van der Waals surface area (Å²) in [6, 6.07) is 9.54. The third-order valence-corrected chi connectivity index (χ3v) is 2.19. The third kappa shape index (κ3) is 1.62. The highest BCUT2D eigenvalue weighted by Gasteiger charge is 2.21. The molecule has 0 saturated heterocycles. The van der Waals surface area contributed by atoms with Gasteiger partial charge in [-0.1, -0.05) is 30.3 Å². The Labute approximate surface area is 84.3 Å². The van der Waals surface area contributed by atoms with E-state index in [1.807, 2.05) is 30.3 Å². The summed E-state index contributed by atoms with van der Waals surface area (Å²) < 4.78 is 7.39. The second-order valence-electron chi connectivity index (χ2n) is 3.28. The summed E-state index contributed by atoms with van der Waals surface area (Å²) in [6.45, 7) is 1.79. The number of benzene rings is 1. The number of amides is 1. The number of allylic oxidation sites excluding steroid dienone is 1. The van der Waals surface area contributed by atoms with Crippen molar-refractivity contribution in [3.05, 3.63) is 47.7 Å². The first-order chi connectivity index (χ1) is 7.18. The third-order valence-electron chi connectivity index (χ3n) is 2.19. The number of hydrazine groups is 1. The molecule has 0 aromatic heterocycles. The van der Waals surface area contributed by atoms with E-state index >= 15 is 0 Å². The van der Waals surface area contributed by atoms with Crippen molar-refractivity contribution in [1.29, 1.82) is 0 Å². The van der Waals surface area contributed by atoms with Crippen molar-refractivity contribution < 1.29 is 6.21 Å². The van der Waals surface area contributed by atoms with Crippen molar-refractivity contribution in [3.8, 4) is 0 Å². The fourth-order valence-electron chi connectivity index (χ4n) is 1.47. The van der Waals surface area contributed by atoms with Crippen molar-refractivity contribution in [2.75, 3.05) is 0 Å². The van der Waals surface area contributed by atoms with Crippen LogP contribution in [0.5, 0.6) is 0 Å². The molecule has 1 aliphatic heterocycles. The number of rotatable bonds is 1. The standard InChI is InChI=1S/C11H12N2O/c1-8-7-10(11(14)13-12-8)9-5-3-2-4-6-9/h2-7,10,12H,1H3,(H,13,14)/i/hD. The maximum atomic E-state index is 11.6. The van der Waals surface area contributed by atoms with Crippen LogP contribution in [0.3, 0.4) is 0 Å². The topological polar surface area (TPSA) is 41.1 Å². The predicted molar refractivity (Wildman–Crippen MR) is 54.2 cm³/mol. The highest BCUT2D eigenvalue weighted by atomic mass is 16.2. The van der Waals surface area contributed by atoms with Crippen LogP contribution in [0, 0.1) is 0 Å². The summed E-state index contributed by atoms with van der Waals surface area (Å²) in [4.78, 5) is 11.6. The molecule has 0 fully saturated rings. The van der Waals surface area contributed by atoms with Crippen LogP contribution < -0.4 is 10.8 Å². The lowest BCUT2D eigenvalue weighted by molar-refractivity contribution is -0.122. The Bertz CT molecular complexity index is 402. The van der Waals surface area contributed by atoms with Gasteiger partial charge in [0, 0.05) is 5.70 Å². The molecule has 1 amide bonds. The number of carbonyl (C=O) groups excluding carboxylic acids is 1. The lowest BCUT2D eigenvalue weighted by Crippen LogP contribution is -2.42. The first-order valence-corrected chi connectivity index (χ1v) is 4.51. The molecule has 2 N–H and O–H groups in total. The van der Waals surface area contributed by atoms with Crippen molar-refractivity contribution in [2.45, 2.75) is 12.8 Å². The van der Waals surface area contributed by atoms with Gasteiger partial charge in [0.1, 0.15) is 0 Å². The lowest BCUT2D eigenvalue weighted by atomic mass is 9.96. The molecular weight excluding hydrogens is 176 g/mol. The van der Waals surface area contributed by atoms with E-state index in [0.29, 0.717) is 0 Å². The van der Waals surface area contributed by atoms with Crippen molar-refractivity contribution in [1.82, 2.24) is 10.8 Å². The fraction of sp³-hybridized carbons (Fsp3) is 0.182. The minimum Gasteiger partial charge on any atom is -0.303 e. The highest BCUT2D eigenvalue weighted by molar-refractivity contribution is 5.86. The highest BCUT2D eigenvalue weighted by Crippen LogP contribution is 2.20. The second-order valence-corrected chi connectivity index (χ2v) is 3.28. The van der Waals surface area contributed by atoms with Crippen LogP contribution in [-0.2, 0) is 4.79 Å². The van der Waals surface area contributed by atoms with Gasteiger partial charge in [0.05, 0.1) is 5.92 Å². The predicted octanol–water partition coefficient (Wildman–Crippen LogP) is 1.31. The molecule has 0 saturated carbocycles. The van der Waals surface area contributed by atoms with E-state index < -0.39 is 0 Å². The Morgan fingerprint density at radius 2 is 2.07 bits per heavy atom. The minimum atomic E-state index is -0.284. The van der Waals surface area contributed by atoms with Gasteiger partial charge < -0.3 is 5.42 Å². The number of nitrogens with one attached hydrogen (secondary N) is 2. The van der Waals surface area contributed by atoms with Gasteiger partial charge in [-0.2, -0.15) is 0 Å². The van der Waals surface area contributed by atoms with E-state index in [-0.39, 0.29) is 11.8 Å². The summed E-state index contributed by atoms with van der Waals surface area (Å²) in [5, 5.41) is 0. The summed E-state index contributed by atoms with van der Waals surface area (Å²) in [5.41, 5.74) is 5.13. The molecule has 2 rings (SSSR count). The Morgan fingerprint density at radius 3 is 2.79 bits per heavy atom. The first-order valence-electron chi connectivity index (χ1n) is 4.96. The van der Waals surface area contributed by atoms with Gasteiger partial charge in [-0.3, -0.25) is 10.2 Å². The smallest absolute Gasteiger partial charge is 0.249 e. The van der Waals surface area contributed by atoms with E-state index in [4.69, 9.17) is 1.41 Å². The molecule has 1 aromatic rings. The molecule has 0 radical (unpaired) electrons. The molecule has 1 heterocycles. The van der Waals surface area contributed by atoms with Crippen LogP contribution in [0.2, 0.25) is 1.41 Å². The van der Waals surface area contributed by atoms with Gasteiger partial charge >= 0.3 is 0 Å². The normalized spacial score (nSPS) is 22.5. The summed E-state index contributed by atoms with van der Waals surface area (Å²) in [6.07, 6.45) is 1.79. The van der Waals surface area contributed by atoms with Crippen LogP contribution in [-0.4, -0.2) is 5.91 Å². The van der Waals surface area contributed by atoms with Gasteiger partial charge in [-0.15, -0.1) is 0 Å². The maximum absolute atomic E-state index is 11.6. The average Bonchev–Trinajstić information content (AvgIpc) is 2.25. The van der Waals surface area contributed by atoms with E-state index in [1.165, 1.54) is 0 Å². The Balaban J connectivity index is 2.34. The second kappa shape index (κ2) is 3.54. The average molecular weight is 189 g/mol. The summed E-state index contributed by atoms with van der Waals surface area (Å²) >= 11 is 0. The monoisotopic (exact) mass is 189 g/mol. The first kappa shape index (κ1) is 7.62. The van der Waals surface area contributed by atoms with Crippen LogP contribution in [0.1, 0.15) is 18.4 Å². The molecule has 0 spiro atoms. The summed E-state index contributed by atoms with van der Waals surface area (Å²) in [7, 11) is 0. The molecule has 1 unspecified atom stereocenters. The molecule has 3 heteroatoms. The number of carbonyl (C=O) groups is 1. The van der Waals surface area contributed by atoms with E-state index in [1.54, 1.807) is 13.0 Å². The van der Waals surface area contributed by atoms with Gasteiger partial charge in [0.2, 0.25) is 5.91 Å². The zero-order chi connectivity index (χ0) is 10.8. The quantitative estimate of drug-likeness (QED) is 0.699. The number of hydrogen-bond donors (Lipinski definition) is 2. The Morgan fingerprint density at radius 1 is 1.36 bits per heavy atom. The lowest BCUT2D eigenvalue weighted by Gasteiger charge is -2.21. The van der Waals surface area contributed by atoms with Crippen LogP contribution in [0.4, 0.5) is 0 Å². The molecule has 1 aromatic carbocycles. The molecule has 1 aliphatic rings. The van der Waals surface area contributed by atoms with Crippen LogP contribution in [0.25, 0.3) is 0 Å². The molecule has 0 aliphatic carbocycles. The molecule has 0 bridgehead atoms. The van der Waals surface area contributed by atoms with Crippen LogP contribution >= 0.6 is 0 Å². The molecular formula is C11H12N2O. The molecule has 14 heavy (non-hydrogen) atoms. The minimum absolute atomic E-state index is 0.165. The number of hydrogen-bond acceptors (Lipinski definition) is 2. The molecule has 72 valence electrons. The van der Waals surface area contributed by atoms with Gasteiger partial charge in [0.25, 0.3) is 0 Å². The van der Waals surface area contributed by atoms with Crippen molar-refractivity contribution >= 4 is 5.91 Å². The van der Waals surface area contributed by atoms with Gasteiger partial charge in [-0.25, -0.2) is 0 Å². The zero-order valence-corrected chi connectivity index (χ0v) is 7.90.